The summed E-state index contributed by atoms with van der Waals surface area (Å²) in [6.45, 7) is 3.41. The summed E-state index contributed by atoms with van der Waals surface area (Å²) < 4.78 is 0. The van der Waals surface area contributed by atoms with Crippen molar-refractivity contribution in [2.45, 2.75) is 32.4 Å². The van der Waals surface area contributed by atoms with Crippen LogP contribution in [0.4, 0.5) is 0 Å². The van der Waals surface area contributed by atoms with Gasteiger partial charge in [-0.1, -0.05) is 12.1 Å². The van der Waals surface area contributed by atoms with Gasteiger partial charge in [-0.25, -0.2) is 0 Å². The van der Waals surface area contributed by atoms with Crippen LogP contribution < -0.4 is 0 Å². The van der Waals surface area contributed by atoms with E-state index < -0.39 is 12.1 Å². The van der Waals surface area contributed by atoms with E-state index in [0.717, 1.165) is 0 Å². The Kier molecular flexibility index (Phi) is 3.35. The summed E-state index contributed by atoms with van der Waals surface area (Å²) in [4.78, 5) is 9.70. The average molecular weight is 117 g/mol. The molecule has 0 amide bonds. The molecule has 0 aliphatic heterocycles. The third-order valence-electron chi connectivity index (χ3n) is 1.14. The van der Waals surface area contributed by atoms with Crippen molar-refractivity contribution in [3.63, 3.8) is 0 Å². The Balaban J connectivity index is 3.44. The molecule has 2 atom stereocenters. The standard InChI is InChI=1S/C5H11NO2/c1-3-5(7)4(2)6-8/h4-5,7H,3H2,1-2H3. The van der Waals surface area contributed by atoms with Crippen LogP contribution in [0.5, 0.6) is 0 Å². The van der Waals surface area contributed by atoms with Crippen LogP contribution in [0, 0.1) is 4.91 Å². The van der Waals surface area contributed by atoms with Gasteiger partial charge >= 0.3 is 0 Å². The van der Waals surface area contributed by atoms with Gasteiger partial charge in [0.1, 0.15) is 6.04 Å². The quantitative estimate of drug-likeness (QED) is 0.558. The lowest BCUT2D eigenvalue weighted by atomic mass is 10.1. The molecule has 3 heteroatoms. The third kappa shape index (κ3) is 2.02. The number of aliphatic hydroxyl groups excluding tert-OH is 1. The van der Waals surface area contributed by atoms with E-state index >= 15 is 0 Å². The zero-order valence-electron chi connectivity index (χ0n) is 5.16. The molecule has 0 aromatic heterocycles. The summed E-state index contributed by atoms with van der Waals surface area (Å²) in [5, 5.41) is 11.5. The topological polar surface area (TPSA) is 49.7 Å². The molecule has 0 aromatic rings. The summed E-state index contributed by atoms with van der Waals surface area (Å²) in [6.07, 6.45) is 0.0277. The van der Waals surface area contributed by atoms with Crippen molar-refractivity contribution in [2.24, 2.45) is 5.18 Å². The molecule has 2 unspecified atom stereocenters. The first kappa shape index (κ1) is 7.56. The molecule has 0 aliphatic rings. The molecule has 0 rings (SSSR count). The maximum atomic E-state index is 9.70. The van der Waals surface area contributed by atoms with Crippen molar-refractivity contribution < 1.29 is 5.11 Å². The van der Waals surface area contributed by atoms with Crippen molar-refractivity contribution in [1.82, 2.24) is 0 Å². The number of nitrogens with zero attached hydrogens (tertiary/aromatic N) is 1. The smallest absolute Gasteiger partial charge is 0.115 e. The largest absolute Gasteiger partial charge is 0.391 e. The molecule has 48 valence electrons. The first-order valence-electron chi connectivity index (χ1n) is 2.73. The fourth-order valence-corrected chi connectivity index (χ4v) is 0.411. The normalized spacial score (nSPS) is 17.4. The molecule has 8 heavy (non-hydrogen) atoms. The van der Waals surface area contributed by atoms with E-state index in [1.54, 1.807) is 6.92 Å². The Labute approximate surface area is 48.7 Å². The Morgan fingerprint density at radius 2 is 2.25 bits per heavy atom. The lowest BCUT2D eigenvalue weighted by Gasteiger charge is -2.06. The molecule has 0 saturated heterocycles. The highest BCUT2D eigenvalue weighted by Gasteiger charge is 2.10. The zero-order chi connectivity index (χ0) is 6.57. The summed E-state index contributed by atoms with van der Waals surface area (Å²) in [5.41, 5.74) is 0. The fourth-order valence-electron chi connectivity index (χ4n) is 0.411. The Hall–Kier alpha value is -0.440. The highest BCUT2D eigenvalue weighted by atomic mass is 16.3. The number of nitroso groups, excluding NO2 is 1. The fraction of sp³-hybridized carbons (Fsp3) is 1.00. The van der Waals surface area contributed by atoms with Gasteiger partial charge in [0, 0.05) is 0 Å². The van der Waals surface area contributed by atoms with Gasteiger partial charge in [0.15, 0.2) is 0 Å². The minimum atomic E-state index is -0.563. The SMILES string of the molecule is CCC(O)C(C)N=O. The lowest BCUT2D eigenvalue weighted by Crippen LogP contribution is -2.18. The molecular formula is C5H11NO2. The molecule has 1 N–H and O–H groups in total. The van der Waals surface area contributed by atoms with Gasteiger partial charge in [0.25, 0.3) is 0 Å². The van der Waals surface area contributed by atoms with Crippen molar-refractivity contribution in [3.8, 4) is 0 Å². The maximum Gasteiger partial charge on any atom is 0.115 e. The molecule has 0 spiro atoms. The minimum absolute atomic E-state index is 0.458. The molecule has 0 aromatic carbocycles. The first-order chi connectivity index (χ1) is 3.72. The van der Waals surface area contributed by atoms with Gasteiger partial charge in [0.2, 0.25) is 0 Å². The van der Waals surface area contributed by atoms with Gasteiger partial charge in [-0.15, -0.1) is 0 Å². The maximum absolute atomic E-state index is 9.70. The van der Waals surface area contributed by atoms with Crippen LogP contribution in [-0.4, -0.2) is 17.3 Å². The number of hydrogen-bond donors (Lipinski definition) is 1. The lowest BCUT2D eigenvalue weighted by molar-refractivity contribution is 0.147. The second-order valence-corrected chi connectivity index (χ2v) is 1.82. The highest BCUT2D eigenvalue weighted by Crippen LogP contribution is 1.99. The molecule has 0 fully saturated rings. The zero-order valence-corrected chi connectivity index (χ0v) is 5.16. The predicted octanol–water partition coefficient (Wildman–Crippen LogP) is 0.912. The average Bonchev–Trinajstić information content (AvgIpc) is 1.84. The second-order valence-electron chi connectivity index (χ2n) is 1.82. The Morgan fingerprint density at radius 1 is 1.75 bits per heavy atom. The van der Waals surface area contributed by atoms with Gasteiger partial charge in [-0.3, -0.25) is 0 Å². The van der Waals surface area contributed by atoms with Crippen molar-refractivity contribution in [2.75, 3.05) is 0 Å². The molecule has 0 heterocycles. The van der Waals surface area contributed by atoms with Crippen LogP contribution >= 0.6 is 0 Å². The van der Waals surface area contributed by atoms with Gasteiger partial charge in [-0.05, 0) is 13.3 Å². The van der Waals surface area contributed by atoms with E-state index in [1.807, 2.05) is 6.92 Å². The Morgan fingerprint density at radius 3 is 2.38 bits per heavy atom. The van der Waals surface area contributed by atoms with Crippen LogP contribution in [0.25, 0.3) is 0 Å². The molecule has 0 aliphatic carbocycles. The monoisotopic (exact) mass is 117 g/mol. The van der Waals surface area contributed by atoms with Crippen molar-refractivity contribution in [1.29, 1.82) is 0 Å². The van der Waals surface area contributed by atoms with E-state index in [2.05, 4.69) is 5.18 Å². The first-order valence-corrected chi connectivity index (χ1v) is 2.73. The molecular weight excluding hydrogens is 106 g/mol. The van der Waals surface area contributed by atoms with Crippen LogP contribution in [0.15, 0.2) is 5.18 Å². The molecule has 0 radical (unpaired) electrons. The van der Waals surface area contributed by atoms with E-state index in [9.17, 15) is 4.91 Å². The minimum Gasteiger partial charge on any atom is -0.391 e. The van der Waals surface area contributed by atoms with Crippen LogP contribution in [-0.2, 0) is 0 Å². The van der Waals surface area contributed by atoms with E-state index in [1.165, 1.54) is 0 Å². The van der Waals surface area contributed by atoms with Gasteiger partial charge < -0.3 is 5.11 Å². The van der Waals surface area contributed by atoms with E-state index in [0.29, 0.717) is 6.42 Å². The predicted molar refractivity (Wildman–Crippen MR) is 31.6 cm³/mol. The van der Waals surface area contributed by atoms with Crippen LogP contribution in [0.2, 0.25) is 0 Å². The number of rotatable bonds is 3. The van der Waals surface area contributed by atoms with Crippen molar-refractivity contribution in [3.05, 3.63) is 4.91 Å². The summed E-state index contributed by atoms with van der Waals surface area (Å²) in [7, 11) is 0. The van der Waals surface area contributed by atoms with Crippen LogP contribution in [0.3, 0.4) is 0 Å². The van der Waals surface area contributed by atoms with E-state index in [4.69, 9.17) is 5.11 Å². The highest BCUT2D eigenvalue weighted by molar-refractivity contribution is 4.66. The summed E-state index contributed by atoms with van der Waals surface area (Å²) >= 11 is 0. The summed E-state index contributed by atoms with van der Waals surface area (Å²) in [6, 6.07) is -0.458. The molecule has 3 nitrogen and oxygen atoms in total. The Bertz CT molecular complexity index is 74.8. The number of hydrogen-bond acceptors (Lipinski definition) is 3. The van der Waals surface area contributed by atoms with E-state index in [-0.39, 0.29) is 0 Å². The molecule has 0 bridgehead atoms. The number of aliphatic hydroxyl groups is 1. The van der Waals surface area contributed by atoms with Crippen molar-refractivity contribution >= 4 is 0 Å². The van der Waals surface area contributed by atoms with Crippen LogP contribution in [0.1, 0.15) is 20.3 Å². The summed E-state index contributed by atoms with van der Waals surface area (Å²) in [5.74, 6) is 0. The van der Waals surface area contributed by atoms with Gasteiger partial charge in [0.05, 0.1) is 6.10 Å². The third-order valence-corrected chi connectivity index (χ3v) is 1.14. The second kappa shape index (κ2) is 3.55. The molecule has 0 saturated carbocycles. The van der Waals surface area contributed by atoms with Gasteiger partial charge in [-0.2, -0.15) is 4.91 Å².